The van der Waals surface area contributed by atoms with Crippen LogP contribution in [0.15, 0.2) is 35.0 Å². The lowest BCUT2D eigenvalue weighted by molar-refractivity contribution is -0.133. The van der Waals surface area contributed by atoms with Gasteiger partial charge in [-0.3, -0.25) is 4.79 Å². The third-order valence-corrected chi connectivity index (χ3v) is 8.33. The lowest BCUT2D eigenvalue weighted by atomic mass is 10.1. The van der Waals surface area contributed by atoms with Crippen LogP contribution in [0, 0.1) is 0 Å². The summed E-state index contributed by atoms with van der Waals surface area (Å²) >= 11 is 0. The first kappa shape index (κ1) is 22.7. The molecule has 11 nitrogen and oxygen atoms in total. The van der Waals surface area contributed by atoms with Gasteiger partial charge in [-0.25, -0.2) is 19.2 Å². The highest BCUT2D eigenvalue weighted by Gasteiger charge is 2.26. The molecule has 2 saturated heterocycles. The van der Waals surface area contributed by atoms with E-state index in [1.807, 2.05) is 18.3 Å². The van der Waals surface area contributed by atoms with Crippen molar-refractivity contribution >= 4 is 38.3 Å². The number of amides is 1. The summed E-state index contributed by atoms with van der Waals surface area (Å²) in [5, 5.41) is 9.99. The van der Waals surface area contributed by atoms with Crippen LogP contribution in [-0.4, -0.2) is 97.1 Å². The molecule has 5 heterocycles. The molecule has 5 rings (SSSR count). The van der Waals surface area contributed by atoms with E-state index in [0.29, 0.717) is 50.3 Å². The monoisotopic (exact) mass is 485 g/mol. The van der Waals surface area contributed by atoms with Crippen LogP contribution in [0.2, 0.25) is 0 Å². The van der Waals surface area contributed by atoms with Gasteiger partial charge in [0, 0.05) is 60.5 Å². The molecule has 3 aromatic rings. The molecule has 0 saturated carbocycles. The lowest BCUT2D eigenvalue weighted by Gasteiger charge is -2.34. The zero-order valence-corrected chi connectivity index (χ0v) is 19.7. The fourth-order valence-corrected chi connectivity index (χ4v) is 6.12. The predicted molar refractivity (Wildman–Crippen MR) is 128 cm³/mol. The summed E-state index contributed by atoms with van der Waals surface area (Å²) < 4.78 is 23.7. The topological polar surface area (TPSA) is 137 Å². The van der Waals surface area contributed by atoms with Crippen LogP contribution >= 0.6 is 0 Å². The van der Waals surface area contributed by atoms with Crippen LogP contribution in [0.5, 0.6) is 0 Å². The maximum Gasteiger partial charge on any atom is 0.248 e. The number of morpholine rings is 1. The van der Waals surface area contributed by atoms with Crippen molar-refractivity contribution in [2.45, 2.75) is 13.0 Å². The highest BCUT2D eigenvalue weighted by Crippen LogP contribution is 2.30. The minimum Gasteiger partial charge on any atom is -0.387 e. The Balaban J connectivity index is 1.57. The average Bonchev–Trinajstić information content (AvgIpc) is 3.33. The molecule has 0 aromatic carbocycles. The zero-order valence-electron chi connectivity index (χ0n) is 18.9. The number of fused-ring (bicyclic) bond motifs is 1. The van der Waals surface area contributed by atoms with E-state index >= 15 is 0 Å². The molecular weight excluding hydrogens is 458 g/mol. The molecule has 0 spiro atoms. The third kappa shape index (κ3) is 4.48. The van der Waals surface area contributed by atoms with Gasteiger partial charge in [-0.05, 0) is 19.1 Å². The van der Waals surface area contributed by atoms with Crippen LogP contribution in [0.25, 0.3) is 22.4 Å². The molecule has 180 valence electrons. The standard InChI is InChI=1S/C22H27N7O4S/c1-15-14-33-9-6-29(15)19-12-18(27-34(32)10-7-28(8-11-34)20(31)13-30)25-22(26-19)17-3-5-24-21-16(17)2-4-23-21/h2-5,12,15,30H,6-11,13-14H2,1H3,(H,23,24)/t15-/m1/s1. The van der Waals surface area contributed by atoms with E-state index in [9.17, 15) is 9.00 Å². The maximum atomic E-state index is 13.5. The lowest BCUT2D eigenvalue weighted by Crippen LogP contribution is -2.44. The van der Waals surface area contributed by atoms with Crippen LogP contribution in [0.3, 0.4) is 0 Å². The van der Waals surface area contributed by atoms with Gasteiger partial charge in [-0.15, -0.1) is 0 Å². The molecule has 1 amide bonds. The number of pyridine rings is 1. The minimum absolute atomic E-state index is 0.121. The highest BCUT2D eigenvalue weighted by atomic mass is 32.2. The molecule has 0 aliphatic carbocycles. The number of hydrogen-bond donors (Lipinski definition) is 2. The summed E-state index contributed by atoms with van der Waals surface area (Å²) in [6.45, 7) is 3.98. The minimum atomic E-state index is -2.61. The number of rotatable bonds is 4. The number of nitrogens with zero attached hydrogens (tertiary/aromatic N) is 6. The van der Waals surface area contributed by atoms with Gasteiger partial charge in [-0.1, -0.05) is 0 Å². The molecular formula is C22H27N7O4S. The first-order valence-corrected chi connectivity index (χ1v) is 13.1. The first-order chi connectivity index (χ1) is 16.5. The molecule has 2 aliphatic rings. The Morgan fingerprint density at radius 3 is 2.88 bits per heavy atom. The first-order valence-electron chi connectivity index (χ1n) is 11.2. The van der Waals surface area contributed by atoms with Crippen molar-refractivity contribution in [3.63, 3.8) is 0 Å². The van der Waals surface area contributed by atoms with Crippen molar-refractivity contribution in [3.8, 4) is 11.4 Å². The number of hydrogen-bond acceptors (Lipinski definition) is 9. The SMILES string of the molecule is C[C@@H]1COCCN1c1cc(N=S2(=O)CCN(C(=O)CO)CC2)nc(-c2ccnc3[nH]ccc23)n1. The molecule has 0 radical (unpaired) electrons. The van der Waals surface area contributed by atoms with E-state index in [1.165, 1.54) is 4.90 Å². The van der Waals surface area contributed by atoms with Crippen LogP contribution in [0.4, 0.5) is 11.6 Å². The number of aromatic amines is 1. The average molecular weight is 486 g/mol. The van der Waals surface area contributed by atoms with Gasteiger partial charge in [0.05, 0.1) is 29.0 Å². The third-order valence-electron chi connectivity index (χ3n) is 6.17. The smallest absolute Gasteiger partial charge is 0.248 e. The number of aliphatic hydroxyl groups excluding tert-OH is 1. The van der Waals surface area contributed by atoms with Crippen LogP contribution in [0.1, 0.15) is 6.92 Å². The highest BCUT2D eigenvalue weighted by molar-refractivity contribution is 7.93. The fourth-order valence-electron chi connectivity index (χ4n) is 4.29. The number of aromatic nitrogens is 4. The van der Waals surface area contributed by atoms with Gasteiger partial charge < -0.3 is 24.6 Å². The Morgan fingerprint density at radius 1 is 1.29 bits per heavy atom. The Morgan fingerprint density at radius 2 is 2.12 bits per heavy atom. The Bertz CT molecular complexity index is 1320. The van der Waals surface area contributed by atoms with Crippen molar-refractivity contribution in [1.82, 2.24) is 24.8 Å². The number of ether oxygens (including phenoxy) is 1. The van der Waals surface area contributed by atoms with Crippen molar-refractivity contribution in [1.29, 1.82) is 0 Å². The second kappa shape index (κ2) is 9.28. The Kier molecular flexibility index (Phi) is 6.19. The number of aliphatic hydroxyl groups is 1. The van der Waals surface area contributed by atoms with E-state index in [-0.39, 0.29) is 23.5 Å². The fraction of sp³-hybridized carbons (Fsp3) is 0.455. The molecule has 12 heteroatoms. The Labute approximate surface area is 197 Å². The number of carbonyl (C=O) groups is 1. The van der Waals surface area contributed by atoms with Gasteiger partial charge in [0.2, 0.25) is 5.91 Å². The number of carbonyl (C=O) groups excluding carboxylic acids is 1. The summed E-state index contributed by atoms with van der Waals surface area (Å²) in [5.74, 6) is 1.65. The molecule has 1 atom stereocenters. The van der Waals surface area contributed by atoms with Gasteiger partial charge in [0.25, 0.3) is 0 Å². The van der Waals surface area contributed by atoms with E-state index in [1.54, 1.807) is 12.3 Å². The number of H-pyrrole nitrogens is 1. The van der Waals surface area contributed by atoms with Crippen LogP contribution < -0.4 is 4.90 Å². The van der Waals surface area contributed by atoms with Crippen molar-refractivity contribution in [2.24, 2.45) is 4.36 Å². The molecule has 2 fully saturated rings. The summed E-state index contributed by atoms with van der Waals surface area (Å²) in [6, 6.07) is 5.69. The quantitative estimate of drug-likeness (QED) is 0.562. The van der Waals surface area contributed by atoms with Crippen molar-refractivity contribution < 1.29 is 18.8 Å². The molecule has 2 aliphatic heterocycles. The van der Waals surface area contributed by atoms with Gasteiger partial charge in [0.1, 0.15) is 18.1 Å². The number of nitrogens with one attached hydrogen (secondary N) is 1. The number of anilines is 1. The Hall–Kier alpha value is -3.09. The second-order valence-corrected chi connectivity index (χ2v) is 11.0. The molecule has 2 N–H and O–H groups in total. The van der Waals surface area contributed by atoms with Crippen molar-refractivity contribution in [3.05, 3.63) is 30.6 Å². The summed E-state index contributed by atoms with van der Waals surface area (Å²) in [7, 11) is -2.61. The maximum absolute atomic E-state index is 13.5. The second-order valence-electron chi connectivity index (χ2n) is 8.43. The summed E-state index contributed by atoms with van der Waals surface area (Å²) in [5.41, 5.74) is 1.54. The molecule has 0 bridgehead atoms. The van der Waals surface area contributed by atoms with Gasteiger partial charge in [0.15, 0.2) is 11.6 Å². The summed E-state index contributed by atoms with van der Waals surface area (Å²) in [6.07, 6.45) is 3.52. The van der Waals surface area contributed by atoms with Crippen molar-refractivity contribution in [2.75, 3.05) is 55.9 Å². The zero-order chi connectivity index (χ0) is 23.7. The molecule has 0 unspecified atom stereocenters. The van der Waals surface area contributed by atoms with E-state index in [0.717, 1.165) is 16.6 Å². The molecule has 3 aromatic heterocycles. The normalized spacial score (nSPS) is 20.5. The van der Waals surface area contributed by atoms with Gasteiger partial charge in [-0.2, -0.15) is 4.36 Å². The largest absolute Gasteiger partial charge is 0.387 e. The van der Waals surface area contributed by atoms with E-state index in [4.69, 9.17) is 14.8 Å². The predicted octanol–water partition coefficient (Wildman–Crippen LogP) is 1.18. The van der Waals surface area contributed by atoms with E-state index in [2.05, 4.69) is 31.1 Å². The molecule has 34 heavy (non-hydrogen) atoms. The van der Waals surface area contributed by atoms with Crippen LogP contribution in [-0.2, 0) is 19.3 Å². The summed E-state index contributed by atoms with van der Waals surface area (Å²) in [4.78, 5) is 32.4. The van der Waals surface area contributed by atoms with Gasteiger partial charge >= 0.3 is 0 Å². The van der Waals surface area contributed by atoms with E-state index < -0.39 is 16.3 Å².